The molecular formula is C12H22N2O3. The standard InChI is InChI=1S/C12H22N2O3/c1-9(10(15)16)5-3-8-13-11(17)14-12(2)6-4-7-12/h9H,3-8H2,1-2H3,(H,15,16)(H2,13,14,17). The second kappa shape index (κ2) is 5.89. The van der Waals surface area contributed by atoms with E-state index in [9.17, 15) is 9.59 Å². The first-order chi connectivity index (χ1) is 7.93. The third-order valence-electron chi connectivity index (χ3n) is 3.39. The van der Waals surface area contributed by atoms with Crippen molar-refractivity contribution in [1.29, 1.82) is 0 Å². The maximum atomic E-state index is 11.5. The number of carbonyl (C=O) groups excluding carboxylic acids is 1. The minimum atomic E-state index is -0.781. The number of rotatable bonds is 6. The highest BCUT2D eigenvalue weighted by molar-refractivity contribution is 5.74. The third kappa shape index (κ3) is 4.63. The molecule has 2 amide bonds. The highest BCUT2D eigenvalue weighted by Crippen LogP contribution is 2.30. The second-order valence-corrected chi connectivity index (χ2v) is 5.18. The Morgan fingerprint density at radius 2 is 2.06 bits per heavy atom. The van der Waals surface area contributed by atoms with Gasteiger partial charge in [-0.05, 0) is 39.0 Å². The number of hydrogen-bond donors (Lipinski definition) is 3. The van der Waals surface area contributed by atoms with Crippen molar-refractivity contribution in [3.05, 3.63) is 0 Å². The molecule has 1 saturated carbocycles. The lowest BCUT2D eigenvalue weighted by atomic mass is 9.79. The molecule has 0 bridgehead atoms. The van der Waals surface area contributed by atoms with E-state index in [2.05, 4.69) is 10.6 Å². The van der Waals surface area contributed by atoms with E-state index in [1.165, 1.54) is 6.42 Å². The molecule has 0 aliphatic heterocycles. The van der Waals surface area contributed by atoms with Gasteiger partial charge in [-0.3, -0.25) is 4.79 Å². The van der Waals surface area contributed by atoms with Crippen molar-refractivity contribution in [2.45, 2.75) is 51.5 Å². The van der Waals surface area contributed by atoms with E-state index in [0.717, 1.165) is 12.8 Å². The van der Waals surface area contributed by atoms with E-state index < -0.39 is 5.97 Å². The Labute approximate surface area is 102 Å². The summed E-state index contributed by atoms with van der Waals surface area (Å²) in [6.07, 6.45) is 4.53. The fraction of sp³-hybridized carbons (Fsp3) is 0.833. The van der Waals surface area contributed by atoms with Gasteiger partial charge in [-0.25, -0.2) is 4.79 Å². The largest absolute Gasteiger partial charge is 0.481 e. The van der Waals surface area contributed by atoms with Crippen LogP contribution in [0.3, 0.4) is 0 Å². The van der Waals surface area contributed by atoms with Crippen LogP contribution in [0.2, 0.25) is 0 Å². The van der Waals surface area contributed by atoms with Gasteiger partial charge < -0.3 is 15.7 Å². The number of aliphatic carboxylic acids is 1. The molecule has 1 fully saturated rings. The maximum absolute atomic E-state index is 11.5. The lowest BCUT2D eigenvalue weighted by Gasteiger charge is -2.39. The zero-order valence-corrected chi connectivity index (χ0v) is 10.6. The Morgan fingerprint density at radius 1 is 1.41 bits per heavy atom. The smallest absolute Gasteiger partial charge is 0.315 e. The van der Waals surface area contributed by atoms with E-state index >= 15 is 0 Å². The third-order valence-corrected chi connectivity index (χ3v) is 3.39. The molecule has 0 aromatic carbocycles. The van der Waals surface area contributed by atoms with Crippen LogP contribution in [0.5, 0.6) is 0 Å². The van der Waals surface area contributed by atoms with Crippen LogP contribution in [0.15, 0.2) is 0 Å². The summed E-state index contributed by atoms with van der Waals surface area (Å²) in [6.45, 7) is 4.25. The number of amides is 2. The van der Waals surface area contributed by atoms with Crippen molar-refractivity contribution in [3.63, 3.8) is 0 Å². The summed E-state index contributed by atoms with van der Waals surface area (Å²) < 4.78 is 0. The lowest BCUT2D eigenvalue weighted by Crippen LogP contribution is -2.54. The molecule has 1 aliphatic carbocycles. The van der Waals surface area contributed by atoms with E-state index in [1.54, 1.807) is 6.92 Å². The molecule has 0 aromatic heterocycles. The van der Waals surface area contributed by atoms with Crippen LogP contribution >= 0.6 is 0 Å². The quantitative estimate of drug-likeness (QED) is 0.621. The molecule has 17 heavy (non-hydrogen) atoms. The molecule has 0 radical (unpaired) electrons. The zero-order valence-electron chi connectivity index (χ0n) is 10.6. The van der Waals surface area contributed by atoms with E-state index in [0.29, 0.717) is 19.4 Å². The number of carboxylic acid groups (broad SMARTS) is 1. The van der Waals surface area contributed by atoms with Gasteiger partial charge in [0.1, 0.15) is 0 Å². The Bertz CT molecular complexity index is 287. The SMILES string of the molecule is CC(CCCNC(=O)NC1(C)CCC1)C(=O)O. The molecule has 1 rings (SSSR count). The fourth-order valence-corrected chi connectivity index (χ4v) is 1.88. The minimum absolute atomic E-state index is 0.0293. The summed E-state index contributed by atoms with van der Waals surface area (Å²) >= 11 is 0. The van der Waals surface area contributed by atoms with Crippen molar-refractivity contribution in [1.82, 2.24) is 10.6 Å². The predicted molar refractivity (Wildman–Crippen MR) is 64.8 cm³/mol. The van der Waals surface area contributed by atoms with Gasteiger partial charge in [0, 0.05) is 12.1 Å². The Kier molecular flexibility index (Phi) is 4.78. The number of carbonyl (C=O) groups is 2. The van der Waals surface area contributed by atoms with Gasteiger partial charge in [0.15, 0.2) is 0 Å². The second-order valence-electron chi connectivity index (χ2n) is 5.18. The average Bonchev–Trinajstić information content (AvgIpc) is 2.21. The fourth-order valence-electron chi connectivity index (χ4n) is 1.88. The Morgan fingerprint density at radius 3 is 2.53 bits per heavy atom. The summed E-state index contributed by atoms with van der Waals surface area (Å²) in [5.41, 5.74) is -0.0293. The molecule has 3 N–H and O–H groups in total. The van der Waals surface area contributed by atoms with Gasteiger partial charge in [0.2, 0.25) is 0 Å². The number of hydrogen-bond acceptors (Lipinski definition) is 2. The maximum Gasteiger partial charge on any atom is 0.315 e. The average molecular weight is 242 g/mol. The molecule has 0 spiro atoms. The van der Waals surface area contributed by atoms with Gasteiger partial charge in [0.25, 0.3) is 0 Å². The molecule has 0 aromatic rings. The zero-order chi connectivity index (χ0) is 12.9. The van der Waals surface area contributed by atoms with Crippen LogP contribution in [0, 0.1) is 5.92 Å². The van der Waals surface area contributed by atoms with Crippen molar-refractivity contribution in [3.8, 4) is 0 Å². The van der Waals surface area contributed by atoms with Crippen LogP contribution < -0.4 is 10.6 Å². The van der Waals surface area contributed by atoms with Crippen LogP contribution in [0.25, 0.3) is 0 Å². The molecule has 0 heterocycles. The molecule has 5 nitrogen and oxygen atoms in total. The predicted octanol–water partition coefficient (Wildman–Crippen LogP) is 1.73. The molecular weight excluding hydrogens is 220 g/mol. The summed E-state index contributed by atoms with van der Waals surface area (Å²) in [7, 11) is 0. The van der Waals surface area contributed by atoms with E-state index in [1.807, 2.05) is 6.92 Å². The summed E-state index contributed by atoms with van der Waals surface area (Å²) in [6, 6.07) is -0.143. The van der Waals surface area contributed by atoms with Gasteiger partial charge in [-0.1, -0.05) is 6.92 Å². The first kappa shape index (κ1) is 13.8. The van der Waals surface area contributed by atoms with Crippen molar-refractivity contribution in [2.24, 2.45) is 5.92 Å². The Balaban J connectivity index is 2.06. The van der Waals surface area contributed by atoms with Crippen LogP contribution in [-0.4, -0.2) is 29.2 Å². The summed E-state index contributed by atoms with van der Waals surface area (Å²) in [5, 5.41) is 14.4. The van der Waals surface area contributed by atoms with Gasteiger partial charge in [0.05, 0.1) is 5.92 Å². The Hall–Kier alpha value is -1.26. The van der Waals surface area contributed by atoms with E-state index in [4.69, 9.17) is 5.11 Å². The monoisotopic (exact) mass is 242 g/mol. The van der Waals surface area contributed by atoms with Crippen LogP contribution in [0.1, 0.15) is 46.0 Å². The summed E-state index contributed by atoms with van der Waals surface area (Å²) in [4.78, 5) is 22.1. The number of carboxylic acids is 1. The molecule has 1 aliphatic rings. The van der Waals surface area contributed by atoms with Gasteiger partial charge in [-0.15, -0.1) is 0 Å². The van der Waals surface area contributed by atoms with Gasteiger partial charge in [-0.2, -0.15) is 0 Å². The first-order valence-corrected chi connectivity index (χ1v) is 6.22. The molecule has 1 atom stereocenters. The highest BCUT2D eigenvalue weighted by atomic mass is 16.4. The van der Waals surface area contributed by atoms with Crippen molar-refractivity contribution < 1.29 is 14.7 Å². The molecule has 98 valence electrons. The van der Waals surface area contributed by atoms with Crippen molar-refractivity contribution in [2.75, 3.05) is 6.54 Å². The first-order valence-electron chi connectivity index (χ1n) is 6.22. The van der Waals surface area contributed by atoms with Crippen molar-refractivity contribution >= 4 is 12.0 Å². The number of urea groups is 1. The molecule has 5 heteroatoms. The summed E-state index contributed by atoms with van der Waals surface area (Å²) in [5.74, 6) is -1.12. The van der Waals surface area contributed by atoms with E-state index in [-0.39, 0.29) is 17.5 Å². The number of nitrogens with one attached hydrogen (secondary N) is 2. The topological polar surface area (TPSA) is 78.4 Å². The lowest BCUT2D eigenvalue weighted by molar-refractivity contribution is -0.141. The van der Waals surface area contributed by atoms with Crippen LogP contribution in [0.4, 0.5) is 4.79 Å². The normalized spacial score (nSPS) is 18.9. The minimum Gasteiger partial charge on any atom is -0.481 e. The van der Waals surface area contributed by atoms with Crippen LogP contribution in [-0.2, 0) is 4.79 Å². The van der Waals surface area contributed by atoms with Gasteiger partial charge >= 0.3 is 12.0 Å². The highest BCUT2D eigenvalue weighted by Gasteiger charge is 2.32. The molecule has 1 unspecified atom stereocenters. The molecule has 0 saturated heterocycles.